The summed E-state index contributed by atoms with van der Waals surface area (Å²) in [5.41, 5.74) is 6.32. The van der Waals surface area contributed by atoms with Crippen molar-refractivity contribution < 1.29 is 9.53 Å². The Morgan fingerprint density at radius 3 is 2.53 bits per heavy atom. The number of aromatic nitrogens is 3. The van der Waals surface area contributed by atoms with Crippen LogP contribution in [0, 0.1) is 0 Å². The summed E-state index contributed by atoms with van der Waals surface area (Å²) < 4.78 is 6.47. The summed E-state index contributed by atoms with van der Waals surface area (Å²) in [6, 6.07) is 4.81. The van der Waals surface area contributed by atoms with Crippen molar-refractivity contribution in [2.24, 2.45) is 0 Å². The van der Waals surface area contributed by atoms with Gasteiger partial charge in [0.2, 0.25) is 0 Å². The minimum Gasteiger partial charge on any atom is -0.494 e. The van der Waals surface area contributed by atoms with Crippen molar-refractivity contribution in [3.63, 3.8) is 0 Å². The highest BCUT2D eigenvalue weighted by molar-refractivity contribution is 6.38. The lowest BCUT2D eigenvalue weighted by atomic mass is 10.2. The lowest BCUT2D eigenvalue weighted by Gasteiger charge is -2.14. The number of ether oxygens (including phenoxy) is 1. The van der Waals surface area contributed by atoms with Gasteiger partial charge in [0.1, 0.15) is 23.5 Å². The molecule has 0 fully saturated rings. The molecule has 0 atom stereocenters. The SMILES string of the molecule is CCOc1cc(Cl)c(-n2cnc(N)c(C(=O)Nc3cncc(CC)c3)c2=O)c(Cl)c1. The van der Waals surface area contributed by atoms with Crippen molar-refractivity contribution in [2.75, 3.05) is 17.7 Å². The summed E-state index contributed by atoms with van der Waals surface area (Å²) in [5.74, 6) is -0.479. The third kappa shape index (κ3) is 4.39. The zero-order valence-electron chi connectivity index (χ0n) is 16.3. The molecule has 0 radical (unpaired) electrons. The number of anilines is 2. The molecule has 0 unspecified atom stereocenters. The fourth-order valence-corrected chi connectivity index (χ4v) is 3.45. The predicted molar refractivity (Wildman–Crippen MR) is 117 cm³/mol. The molecular weight excluding hydrogens is 429 g/mol. The van der Waals surface area contributed by atoms with E-state index in [1.54, 1.807) is 12.3 Å². The maximum atomic E-state index is 13.1. The van der Waals surface area contributed by atoms with Gasteiger partial charge in [-0.1, -0.05) is 30.1 Å². The van der Waals surface area contributed by atoms with E-state index in [4.69, 9.17) is 33.7 Å². The Kier molecular flexibility index (Phi) is 6.59. The molecule has 0 aliphatic rings. The number of nitrogen functional groups attached to an aromatic ring is 1. The molecule has 2 aromatic heterocycles. The summed E-state index contributed by atoms with van der Waals surface area (Å²) in [5, 5.41) is 2.94. The van der Waals surface area contributed by atoms with Gasteiger partial charge in [0.25, 0.3) is 11.5 Å². The van der Waals surface area contributed by atoms with Crippen molar-refractivity contribution in [2.45, 2.75) is 20.3 Å². The third-order valence-electron chi connectivity index (χ3n) is 4.23. The number of pyridine rings is 1. The number of carbonyl (C=O) groups is 1. The summed E-state index contributed by atoms with van der Waals surface area (Å²) in [6.45, 7) is 4.21. The highest BCUT2D eigenvalue weighted by Gasteiger charge is 2.21. The van der Waals surface area contributed by atoms with Crippen LogP contribution in [-0.2, 0) is 6.42 Å². The molecule has 156 valence electrons. The molecule has 0 aliphatic carbocycles. The van der Waals surface area contributed by atoms with Gasteiger partial charge in [0.15, 0.2) is 0 Å². The van der Waals surface area contributed by atoms with Crippen LogP contribution in [0.3, 0.4) is 0 Å². The van der Waals surface area contributed by atoms with Crippen molar-refractivity contribution >= 4 is 40.6 Å². The molecule has 3 aromatic rings. The van der Waals surface area contributed by atoms with E-state index in [2.05, 4.69) is 15.3 Å². The van der Waals surface area contributed by atoms with Crippen LogP contribution in [-0.4, -0.2) is 27.0 Å². The number of nitrogens with one attached hydrogen (secondary N) is 1. The van der Waals surface area contributed by atoms with Crippen LogP contribution in [0.25, 0.3) is 5.69 Å². The smallest absolute Gasteiger partial charge is 0.273 e. The first-order valence-electron chi connectivity index (χ1n) is 9.10. The highest BCUT2D eigenvalue weighted by Crippen LogP contribution is 2.32. The van der Waals surface area contributed by atoms with Gasteiger partial charge >= 0.3 is 0 Å². The number of rotatable bonds is 6. The molecule has 3 rings (SSSR count). The number of nitrogens with zero attached hydrogens (tertiary/aromatic N) is 3. The quantitative estimate of drug-likeness (QED) is 0.595. The number of halogens is 2. The Hall–Kier alpha value is -3.10. The van der Waals surface area contributed by atoms with Crippen LogP contribution in [0.1, 0.15) is 29.8 Å². The number of hydrogen-bond acceptors (Lipinski definition) is 6. The summed E-state index contributed by atoms with van der Waals surface area (Å²) in [7, 11) is 0. The largest absolute Gasteiger partial charge is 0.494 e. The third-order valence-corrected chi connectivity index (χ3v) is 4.81. The van der Waals surface area contributed by atoms with E-state index in [0.717, 1.165) is 16.6 Å². The van der Waals surface area contributed by atoms with Crippen molar-refractivity contribution in [1.29, 1.82) is 0 Å². The van der Waals surface area contributed by atoms with Gasteiger partial charge in [0.05, 0.1) is 34.2 Å². The lowest BCUT2D eigenvalue weighted by molar-refractivity contribution is 0.102. The molecule has 0 saturated carbocycles. The average molecular weight is 448 g/mol. The molecule has 0 saturated heterocycles. The second kappa shape index (κ2) is 9.15. The van der Waals surface area contributed by atoms with E-state index < -0.39 is 11.5 Å². The van der Waals surface area contributed by atoms with Crippen LogP contribution in [0.4, 0.5) is 11.5 Å². The fraction of sp³-hybridized carbons (Fsp3) is 0.200. The van der Waals surface area contributed by atoms with E-state index in [9.17, 15) is 9.59 Å². The van der Waals surface area contributed by atoms with Gasteiger partial charge in [0, 0.05) is 18.3 Å². The molecule has 8 nitrogen and oxygen atoms in total. The zero-order valence-corrected chi connectivity index (χ0v) is 17.8. The van der Waals surface area contributed by atoms with E-state index >= 15 is 0 Å². The number of hydrogen-bond donors (Lipinski definition) is 2. The van der Waals surface area contributed by atoms with E-state index in [1.165, 1.54) is 24.7 Å². The number of aryl methyl sites for hydroxylation is 1. The van der Waals surface area contributed by atoms with Crippen LogP contribution >= 0.6 is 23.2 Å². The summed E-state index contributed by atoms with van der Waals surface area (Å²) in [4.78, 5) is 33.9. The van der Waals surface area contributed by atoms with E-state index in [1.807, 2.05) is 13.8 Å². The average Bonchev–Trinajstić information content (AvgIpc) is 2.69. The van der Waals surface area contributed by atoms with Crippen LogP contribution in [0.5, 0.6) is 5.75 Å². The summed E-state index contributed by atoms with van der Waals surface area (Å²) >= 11 is 12.6. The Morgan fingerprint density at radius 1 is 1.20 bits per heavy atom. The monoisotopic (exact) mass is 447 g/mol. The Bertz CT molecular complexity index is 1140. The Labute approximate surface area is 182 Å². The second-order valence-electron chi connectivity index (χ2n) is 6.24. The normalized spacial score (nSPS) is 10.7. The van der Waals surface area contributed by atoms with Crippen molar-refractivity contribution in [3.8, 4) is 11.4 Å². The Morgan fingerprint density at radius 2 is 1.90 bits per heavy atom. The van der Waals surface area contributed by atoms with Gasteiger partial charge in [-0.3, -0.25) is 19.1 Å². The van der Waals surface area contributed by atoms with E-state index in [-0.39, 0.29) is 27.1 Å². The van der Waals surface area contributed by atoms with Crippen LogP contribution in [0.2, 0.25) is 10.0 Å². The van der Waals surface area contributed by atoms with Crippen molar-refractivity contribution in [3.05, 3.63) is 68.4 Å². The molecule has 0 aliphatic heterocycles. The van der Waals surface area contributed by atoms with Gasteiger partial charge in [-0.15, -0.1) is 0 Å². The molecule has 1 amide bonds. The number of nitrogens with two attached hydrogens (primary N) is 1. The topological polar surface area (TPSA) is 112 Å². The molecule has 0 spiro atoms. The molecule has 0 bridgehead atoms. The predicted octanol–water partition coefficient (Wildman–Crippen LogP) is 3.73. The highest BCUT2D eigenvalue weighted by atomic mass is 35.5. The van der Waals surface area contributed by atoms with Gasteiger partial charge in [-0.25, -0.2) is 4.98 Å². The minimum atomic E-state index is -0.715. The lowest BCUT2D eigenvalue weighted by Crippen LogP contribution is -2.31. The standard InChI is InChI=1S/C20H19Cl2N5O3/c1-3-11-5-12(9-24-8-11)26-19(28)16-18(23)25-10-27(20(16)29)17-14(21)6-13(30-4-2)7-15(17)22/h5-10H,3-4,23H2,1-2H3,(H,26,28). The maximum absolute atomic E-state index is 13.1. The fourth-order valence-electron chi connectivity index (χ4n) is 2.80. The van der Waals surface area contributed by atoms with Crippen LogP contribution in [0.15, 0.2) is 41.7 Å². The molecule has 2 heterocycles. The molecule has 3 N–H and O–H groups in total. The van der Waals surface area contributed by atoms with Gasteiger partial charge in [-0.2, -0.15) is 0 Å². The van der Waals surface area contributed by atoms with Crippen LogP contribution < -0.4 is 21.3 Å². The molecular formula is C20H19Cl2N5O3. The minimum absolute atomic E-state index is 0.158. The number of carbonyl (C=O) groups excluding carboxylic acids is 1. The summed E-state index contributed by atoms with van der Waals surface area (Å²) in [6.07, 6.45) is 5.08. The maximum Gasteiger partial charge on any atom is 0.273 e. The first-order valence-corrected chi connectivity index (χ1v) is 9.85. The Balaban J connectivity index is 2.04. The van der Waals surface area contributed by atoms with Gasteiger partial charge < -0.3 is 15.8 Å². The van der Waals surface area contributed by atoms with Crippen molar-refractivity contribution in [1.82, 2.24) is 14.5 Å². The zero-order chi connectivity index (χ0) is 21.8. The molecule has 10 heteroatoms. The second-order valence-corrected chi connectivity index (χ2v) is 7.05. The molecule has 30 heavy (non-hydrogen) atoms. The molecule has 1 aromatic carbocycles. The van der Waals surface area contributed by atoms with E-state index in [0.29, 0.717) is 18.0 Å². The number of amides is 1. The first-order chi connectivity index (χ1) is 14.3. The number of benzene rings is 1. The first kappa shape index (κ1) is 21.6. The van der Waals surface area contributed by atoms with Gasteiger partial charge in [-0.05, 0) is 25.0 Å².